The van der Waals surface area contributed by atoms with Gasteiger partial charge in [0, 0.05) is 13.2 Å². The first-order valence-electron chi connectivity index (χ1n) is 8.21. The van der Waals surface area contributed by atoms with Crippen molar-refractivity contribution in [2.75, 3.05) is 5.32 Å². The van der Waals surface area contributed by atoms with Gasteiger partial charge in [0.25, 0.3) is 5.91 Å². The molecule has 0 spiro atoms. The molecule has 0 radical (unpaired) electrons. The summed E-state index contributed by atoms with van der Waals surface area (Å²) in [6.45, 7) is 3.69. The largest absolute Gasteiger partial charge is 0.467 e. The van der Waals surface area contributed by atoms with E-state index in [1.807, 2.05) is 0 Å². The predicted octanol–water partition coefficient (Wildman–Crippen LogP) is 2.30. The number of amides is 2. The molecular formula is C17H19ClN6O3. The first-order chi connectivity index (χ1) is 12.9. The maximum atomic E-state index is 12.6. The molecule has 0 aromatic carbocycles. The Hall–Kier alpha value is -3.07. The molecule has 9 nitrogen and oxygen atoms in total. The molecule has 1 atom stereocenters. The fourth-order valence-electron chi connectivity index (χ4n) is 2.55. The molecular weight excluding hydrogens is 372 g/mol. The van der Waals surface area contributed by atoms with Gasteiger partial charge < -0.3 is 15.1 Å². The average molecular weight is 391 g/mol. The Morgan fingerprint density at radius 1 is 1.41 bits per heavy atom. The van der Waals surface area contributed by atoms with Crippen LogP contribution in [0.5, 0.6) is 0 Å². The number of halogens is 1. The van der Waals surface area contributed by atoms with Crippen molar-refractivity contribution in [3.63, 3.8) is 0 Å². The summed E-state index contributed by atoms with van der Waals surface area (Å²) in [5.41, 5.74) is 1.10. The molecule has 142 valence electrons. The lowest BCUT2D eigenvalue weighted by Crippen LogP contribution is -2.28. The number of aromatic nitrogens is 4. The van der Waals surface area contributed by atoms with Crippen molar-refractivity contribution < 1.29 is 14.0 Å². The topological polar surface area (TPSA) is 107 Å². The molecule has 2 amide bonds. The van der Waals surface area contributed by atoms with E-state index in [2.05, 4.69) is 20.8 Å². The summed E-state index contributed by atoms with van der Waals surface area (Å²) in [5, 5.41) is 14.2. The van der Waals surface area contributed by atoms with Crippen LogP contribution in [0, 0.1) is 6.92 Å². The SMILES string of the molecule is Cc1c(Cl)cnn1[C@H](C)C(=O)Nc1cn(C)nc1C(=O)NCc1ccco1. The van der Waals surface area contributed by atoms with E-state index in [1.165, 1.54) is 21.8 Å². The van der Waals surface area contributed by atoms with E-state index in [1.54, 1.807) is 39.2 Å². The summed E-state index contributed by atoms with van der Waals surface area (Å²) in [7, 11) is 1.67. The van der Waals surface area contributed by atoms with E-state index in [-0.39, 0.29) is 18.1 Å². The number of hydrogen-bond acceptors (Lipinski definition) is 5. The lowest BCUT2D eigenvalue weighted by atomic mass is 10.2. The van der Waals surface area contributed by atoms with Crippen molar-refractivity contribution in [1.29, 1.82) is 0 Å². The van der Waals surface area contributed by atoms with Gasteiger partial charge in [0.2, 0.25) is 5.91 Å². The van der Waals surface area contributed by atoms with Gasteiger partial charge in [0.15, 0.2) is 5.69 Å². The Morgan fingerprint density at radius 2 is 2.19 bits per heavy atom. The smallest absolute Gasteiger partial charge is 0.274 e. The van der Waals surface area contributed by atoms with Gasteiger partial charge >= 0.3 is 0 Å². The molecule has 27 heavy (non-hydrogen) atoms. The van der Waals surface area contributed by atoms with Gasteiger partial charge in [0.1, 0.15) is 11.8 Å². The number of rotatable bonds is 6. The molecule has 0 saturated heterocycles. The minimum absolute atomic E-state index is 0.111. The normalized spacial score (nSPS) is 12.0. The summed E-state index contributed by atoms with van der Waals surface area (Å²) in [5.74, 6) is -0.149. The van der Waals surface area contributed by atoms with E-state index in [4.69, 9.17) is 16.0 Å². The predicted molar refractivity (Wildman–Crippen MR) is 98.4 cm³/mol. The lowest BCUT2D eigenvalue weighted by molar-refractivity contribution is -0.119. The number of aryl methyl sites for hydroxylation is 1. The maximum Gasteiger partial charge on any atom is 0.274 e. The number of nitrogens with zero attached hydrogens (tertiary/aromatic N) is 4. The van der Waals surface area contributed by atoms with Gasteiger partial charge in [-0.1, -0.05) is 11.6 Å². The van der Waals surface area contributed by atoms with Crippen LogP contribution in [0.3, 0.4) is 0 Å². The first-order valence-corrected chi connectivity index (χ1v) is 8.59. The van der Waals surface area contributed by atoms with Crippen molar-refractivity contribution in [3.05, 3.63) is 53.0 Å². The van der Waals surface area contributed by atoms with Crippen LogP contribution in [0.15, 0.2) is 35.2 Å². The van der Waals surface area contributed by atoms with E-state index in [0.717, 1.165) is 0 Å². The molecule has 3 aromatic rings. The Morgan fingerprint density at radius 3 is 2.81 bits per heavy atom. The van der Waals surface area contributed by atoms with Gasteiger partial charge in [-0.3, -0.25) is 19.0 Å². The van der Waals surface area contributed by atoms with Gasteiger partial charge in [-0.25, -0.2) is 0 Å². The van der Waals surface area contributed by atoms with Gasteiger partial charge in [-0.05, 0) is 26.0 Å². The van der Waals surface area contributed by atoms with Crippen LogP contribution in [0.25, 0.3) is 0 Å². The monoisotopic (exact) mass is 390 g/mol. The highest BCUT2D eigenvalue weighted by Crippen LogP contribution is 2.20. The summed E-state index contributed by atoms with van der Waals surface area (Å²) in [6.07, 6.45) is 4.58. The standard InChI is InChI=1S/C17H19ClN6O3/c1-10-13(18)8-20-24(10)11(2)16(25)21-14-9-23(3)22-15(14)17(26)19-7-12-5-4-6-27-12/h4-6,8-9,11H,7H2,1-3H3,(H,19,26)(H,21,25)/t11-/m1/s1. The number of carbonyl (C=O) groups is 2. The first kappa shape index (κ1) is 18.7. The molecule has 0 aliphatic rings. The summed E-state index contributed by atoms with van der Waals surface area (Å²) in [4.78, 5) is 25.0. The zero-order valence-corrected chi connectivity index (χ0v) is 15.8. The number of anilines is 1. The Bertz CT molecular complexity index is 960. The van der Waals surface area contributed by atoms with Crippen molar-refractivity contribution in [2.24, 2.45) is 7.05 Å². The molecule has 3 rings (SSSR count). The highest BCUT2D eigenvalue weighted by Gasteiger charge is 2.23. The van der Waals surface area contributed by atoms with E-state index in [9.17, 15) is 9.59 Å². The zero-order valence-electron chi connectivity index (χ0n) is 15.1. The number of hydrogen-bond donors (Lipinski definition) is 2. The Balaban J connectivity index is 1.72. The molecule has 0 bridgehead atoms. The molecule has 0 saturated carbocycles. The molecule has 0 aliphatic carbocycles. The zero-order chi connectivity index (χ0) is 19.6. The van der Waals surface area contributed by atoms with Crippen molar-refractivity contribution in [1.82, 2.24) is 24.9 Å². The third kappa shape index (κ3) is 4.03. The lowest BCUT2D eigenvalue weighted by Gasteiger charge is -2.14. The fourth-order valence-corrected chi connectivity index (χ4v) is 2.68. The van der Waals surface area contributed by atoms with Crippen LogP contribution in [0.1, 0.15) is 34.9 Å². The van der Waals surface area contributed by atoms with Crippen LogP contribution in [-0.2, 0) is 18.4 Å². The van der Waals surface area contributed by atoms with Crippen LogP contribution >= 0.6 is 11.6 Å². The quantitative estimate of drug-likeness (QED) is 0.671. The minimum Gasteiger partial charge on any atom is -0.467 e. The number of carbonyl (C=O) groups excluding carboxylic acids is 2. The fraction of sp³-hybridized carbons (Fsp3) is 0.294. The van der Waals surface area contributed by atoms with Crippen molar-refractivity contribution in [3.8, 4) is 0 Å². The maximum absolute atomic E-state index is 12.6. The number of nitrogens with one attached hydrogen (secondary N) is 2. The van der Waals surface area contributed by atoms with E-state index in [0.29, 0.717) is 22.2 Å². The van der Waals surface area contributed by atoms with E-state index >= 15 is 0 Å². The van der Waals surface area contributed by atoms with Gasteiger partial charge in [0.05, 0.1) is 35.4 Å². The summed E-state index contributed by atoms with van der Waals surface area (Å²) < 4.78 is 8.16. The Kier molecular flexibility index (Phi) is 5.31. The second kappa shape index (κ2) is 7.67. The highest BCUT2D eigenvalue weighted by atomic mass is 35.5. The van der Waals surface area contributed by atoms with Gasteiger partial charge in [-0.15, -0.1) is 0 Å². The second-order valence-electron chi connectivity index (χ2n) is 6.01. The second-order valence-corrected chi connectivity index (χ2v) is 6.42. The number of furan rings is 1. The Labute approximate surface area is 160 Å². The molecule has 0 aliphatic heterocycles. The van der Waals surface area contributed by atoms with E-state index < -0.39 is 11.9 Å². The third-order valence-corrected chi connectivity index (χ3v) is 4.41. The molecule has 3 heterocycles. The van der Waals surface area contributed by atoms with Crippen LogP contribution in [0.4, 0.5) is 5.69 Å². The van der Waals surface area contributed by atoms with Crippen LogP contribution in [0.2, 0.25) is 5.02 Å². The highest BCUT2D eigenvalue weighted by molar-refractivity contribution is 6.31. The van der Waals surface area contributed by atoms with Crippen molar-refractivity contribution in [2.45, 2.75) is 26.4 Å². The third-order valence-electron chi connectivity index (χ3n) is 4.04. The van der Waals surface area contributed by atoms with Crippen molar-refractivity contribution >= 4 is 29.1 Å². The van der Waals surface area contributed by atoms with Crippen LogP contribution in [-0.4, -0.2) is 31.4 Å². The average Bonchev–Trinajstić information content (AvgIpc) is 3.35. The molecule has 0 fully saturated rings. The summed E-state index contributed by atoms with van der Waals surface area (Å²) >= 11 is 6.00. The molecule has 3 aromatic heterocycles. The van der Waals surface area contributed by atoms with Gasteiger partial charge in [-0.2, -0.15) is 10.2 Å². The summed E-state index contributed by atoms with van der Waals surface area (Å²) in [6, 6.07) is 2.87. The molecule has 2 N–H and O–H groups in total. The molecule has 10 heteroatoms. The van der Waals surface area contributed by atoms with Crippen LogP contribution < -0.4 is 10.6 Å². The minimum atomic E-state index is -0.614. The molecule has 0 unspecified atom stereocenters.